The predicted octanol–water partition coefficient (Wildman–Crippen LogP) is 1.96. The van der Waals surface area contributed by atoms with Crippen LogP contribution in [0.3, 0.4) is 0 Å². The average Bonchev–Trinajstić information content (AvgIpc) is 2.62. The molecule has 1 aromatic heterocycles. The molecule has 0 aliphatic heterocycles. The summed E-state index contributed by atoms with van der Waals surface area (Å²) in [7, 11) is -3.27. The number of hydrogen-bond donors (Lipinski definition) is 1. The molecule has 0 amide bonds. The van der Waals surface area contributed by atoms with Crippen molar-refractivity contribution in [3.8, 4) is 0 Å². The zero-order valence-electron chi connectivity index (χ0n) is 9.67. The maximum absolute atomic E-state index is 11.0. The van der Waals surface area contributed by atoms with E-state index in [1.165, 1.54) is 6.20 Å². The Hall–Kier alpha value is -1.53. The summed E-state index contributed by atoms with van der Waals surface area (Å²) in [6, 6.07) is 7.42. The molecule has 18 heavy (non-hydrogen) atoms. The molecule has 0 aliphatic carbocycles. The summed E-state index contributed by atoms with van der Waals surface area (Å²) in [6.07, 6.45) is 4.19. The Balaban J connectivity index is 2.12. The Labute approximate surface area is 110 Å². The Morgan fingerprint density at radius 3 is 2.89 bits per heavy atom. The first-order valence-electron chi connectivity index (χ1n) is 5.17. The summed E-state index contributed by atoms with van der Waals surface area (Å²) < 4.78 is 26.1. The van der Waals surface area contributed by atoms with Crippen LogP contribution < -0.4 is 4.72 Å². The van der Waals surface area contributed by atoms with Crippen LogP contribution in [0.1, 0.15) is 5.56 Å². The van der Waals surface area contributed by atoms with E-state index in [2.05, 4.69) is 9.82 Å². The summed E-state index contributed by atoms with van der Waals surface area (Å²) in [5, 5.41) is 4.73. The van der Waals surface area contributed by atoms with Gasteiger partial charge in [-0.25, -0.2) is 8.42 Å². The molecule has 0 radical (unpaired) electrons. The third-order valence-electron chi connectivity index (χ3n) is 2.17. The van der Waals surface area contributed by atoms with Gasteiger partial charge in [-0.15, -0.1) is 0 Å². The smallest absolute Gasteiger partial charge is 0.229 e. The van der Waals surface area contributed by atoms with Crippen molar-refractivity contribution in [2.24, 2.45) is 0 Å². The van der Waals surface area contributed by atoms with Gasteiger partial charge in [0.2, 0.25) is 10.0 Å². The van der Waals surface area contributed by atoms with E-state index in [0.717, 1.165) is 11.8 Å². The number of aromatic nitrogens is 2. The van der Waals surface area contributed by atoms with E-state index in [0.29, 0.717) is 17.3 Å². The molecule has 0 saturated carbocycles. The molecule has 2 rings (SSSR count). The van der Waals surface area contributed by atoms with Crippen molar-refractivity contribution in [1.29, 1.82) is 0 Å². The van der Waals surface area contributed by atoms with Crippen molar-refractivity contribution < 1.29 is 8.42 Å². The monoisotopic (exact) mass is 285 g/mol. The molecule has 96 valence electrons. The Morgan fingerprint density at radius 1 is 1.44 bits per heavy atom. The van der Waals surface area contributed by atoms with E-state index in [-0.39, 0.29) is 0 Å². The lowest BCUT2D eigenvalue weighted by atomic mass is 10.2. The highest BCUT2D eigenvalue weighted by Gasteiger charge is 2.04. The fourth-order valence-corrected chi connectivity index (χ4v) is 2.29. The highest BCUT2D eigenvalue weighted by molar-refractivity contribution is 7.92. The lowest BCUT2D eigenvalue weighted by molar-refractivity contribution is 0.607. The zero-order chi connectivity index (χ0) is 13.2. The molecular formula is C11H12ClN3O2S. The Bertz CT molecular complexity index is 652. The minimum atomic E-state index is -3.27. The standard InChI is InChI=1S/C11H12ClN3O2S/c1-18(16,17)14-11-6-13-15(8-11)7-9-3-2-4-10(12)5-9/h2-6,8,14H,7H2,1H3. The van der Waals surface area contributed by atoms with Gasteiger partial charge in [0.15, 0.2) is 0 Å². The molecular weight excluding hydrogens is 274 g/mol. The van der Waals surface area contributed by atoms with Crippen molar-refractivity contribution in [3.63, 3.8) is 0 Å². The number of nitrogens with zero attached hydrogens (tertiary/aromatic N) is 2. The van der Waals surface area contributed by atoms with Crippen molar-refractivity contribution in [1.82, 2.24) is 9.78 Å². The number of halogens is 1. The number of benzene rings is 1. The highest BCUT2D eigenvalue weighted by Crippen LogP contribution is 2.13. The van der Waals surface area contributed by atoms with Crippen LogP contribution >= 0.6 is 11.6 Å². The third kappa shape index (κ3) is 3.75. The first-order chi connectivity index (χ1) is 8.42. The molecule has 5 nitrogen and oxygen atoms in total. The van der Waals surface area contributed by atoms with Gasteiger partial charge in [-0.2, -0.15) is 5.10 Å². The van der Waals surface area contributed by atoms with Gasteiger partial charge in [-0.05, 0) is 17.7 Å². The van der Waals surface area contributed by atoms with Crippen LogP contribution in [-0.2, 0) is 16.6 Å². The fourth-order valence-electron chi connectivity index (χ4n) is 1.54. The summed E-state index contributed by atoms with van der Waals surface area (Å²) in [5.41, 5.74) is 1.44. The van der Waals surface area contributed by atoms with Gasteiger partial charge in [-0.3, -0.25) is 9.40 Å². The summed E-state index contributed by atoms with van der Waals surface area (Å²) >= 11 is 5.88. The first kappa shape index (κ1) is 12.9. The van der Waals surface area contributed by atoms with Crippen molar-refractivity contribution in [2.45, 2.75) is 6.54 Å². The topological polar surface area (TPSA) is 64.0 Å². The summed E-state index contributed by atoms with van der Waals surface area (Å²) in [5.74, 6) is 0. The van der Waals surface area contributed by atoms with Crippen LogP contribution in [0, 0.1) is 0 Å². The number of anilines is 1. The molecule has 0 atom stereocenters. The van der Waals surface area contributed by atoms with Gasteiger partial charge in [0.05, 0.1) is 24.7 Å². The van der Waals surface area contributed by atoms with Gasteiger partial charge in [0.25, 0.3) is 0 Å². The van der Waals surface area contributed by atoms with Crippen LogP contribution in [0.4, 0.5) is 5.69 Å². The normalized spacial score (nSPS) is 11.4. The van der Waals surface area contributed by atoms with Crippen molar-refractivity contribution in [2.75, 3.05) is 11.0 Å². The maximum atomic E-state index is 11.0. The SMILES string of the molecule is CS(=O)(=O)Nc1cnn(Cc2cccc(Cl)c2)c1. The molecule has 1 heterocycles. The summed E-state index contributed by atoms with van der Waals surface area (Å²) in [4.78, 5) is 0. The van der Waals surface area contributed by atoms with Gasteiger partial charge < -0.3 is 0 Å². The lowest BCUT2D eigenvalue weighted by Gasteiger charge is -2.02. The molecule has 0 fully saturated rings. The van der Waals surface area contributed by atoms with Gasteiger partial charge in [0.1, 0.15) is 0 Å². The van der Waals surface area contributed by atoms with E-state index in [1.54, 1.807) is 16.9 Å². The molecule has 0 saturated heterocycles. The summed E-state index contributed by atoms with van der Waals surface area (Å²) in [6.45, 7) is 0.534. The molecule has 1 N–H and O–H groups in total. The second-order valence-corrected chi connectivity index (χ2v) is 6.12. The Kier molecular flexibility index (Phi) is 3.58. The van der Waals surface area contributed by atoms with Gasteiger partial charge in [-0.1, -0.05) is 23.7 Å². The molecule has 0 bridgehead atoms. The van der Waals surface area contributed by atoms with Crippen LogP contribution in [-0.4, -0.2) is 24.5 Å². The number of nitrogens with one attached hydrogen (secondary N) is 1. The maximum Gasteiger partial charge on any atom is 0.229 e. The molecule has 0 spiro atoms. The van der Waals surface area contributed by atoms with Crippen molar-refractivity contribution in [3.05, 3.63) is 47.2 Å². The molecule has 0 aliphatic rings. The van der Waals surface area contributed by atoms with E-state index < -0.39 is 10.0 Å². The first-order valence-corrected chi connectivity index (χ1v) is 7.44. The van der Waals surface area contributed by atoms with Crippen LogP contribution in [0.25, 0.3) is 0 Å². The fraction of sp³-hybridized carbons (Fsp3) is 0.182. The second kappa shape index (κ2) is 4.99. The van der Waals surface area contributed by atoms with E-state index in [1.807, 2.05) is 18.2 Å². The molecule has 1 aromatic carbocycles. The minimum absolute atomic E-state index is 0.444. The predicted molar refractivity (Wildman–Crippen MR) is 71.2 cm³/mol. The van der Waals surface area contributed by atoms with Gasteiger partial charge in [0, 0.05) is 11.2 Å². The molecule has 2 aromatic rings. The second-order valence-electron chi connectivity index (χ2n) is 3.93. The Morgan fingerprint density at radius 2 is 2.22 bits per heavy atom. The van der Waals surface area contributed by atoms with Crippen LogP contribution in [0.5, 0.6) is 0 Å². The number of hydrogen-bond acceptors (Lipinski definition) is 3. The lowest BCUT2D eigenvalue weighted by Crippen LogP contribution is -2.08. The third-order valence-corrected chi connectivity index (χ3v) is 3.01. The quantitative estimate of drug-likeness (QED) is 0.934. The average molecular weight is 286 g/mol. The van der Waals surface area contributed by atoms with Crippen LogP contribution in [0.2, 0.25) is 5.02 Å². The molecule has 7 heteroatoms. The zero-order valence-corrected chi connectivity index (χ0v) is 11.2. The van der Waals surface area contributed by atoms with Gasteiger partial charge >= 0.3 is 0 Å². The largest absolute Gasteiger partial charge is 0.281 e. The molecule has 0 unspecified atom stereocenters. The number of rotatable bonds is 4. The van der Waals surface area contributed by atoms with Crippen molar-refractivity contribution >= 4 is 27.3 Å². The number of sulfonamides is 1. The van der Waals surface area contributed by atoms with Crippen LogP contribution in [0.15, 0.2) is 36.7 Å². The highest BCUT2D eigenvalue weighted by atomic mass is 35.5. The van der Waals surface area contributed by atoms with E-state index in [9.17, 15) is 8.42 Å². The van der Waals surface area contributed by atoms with E-state index in [4.69, 9.17) is 11.6 Å². The minimum Gasteiger partial charge on any atom is -0.281 e. The van der Waals surface area contributed by atoms with E-state index >= 15 is 0 Å².